The van der Waals surface area contributed by atoms with E-state index in [1.165, 1.54) is 0 Å². The molecular weight excluding hydrogens is 204 g/mol. The van der Waals surface area contributed by atoms with Crippen molar-refractivity contribution >= 4 is 0 Å². The quantitative estimate of drug-likeness (QED) is 0.777. The Morgan fingerprint density at radius 2 is 2.50 bits per heavy atom. The Morgan fingerprint density at radius 1 is 1.62 bits per heavy atom. The molecule has 1 aliphatic rings. The number of likely N-dealkylation sites (N-methyl/N-ethyl adjacent to an activating group) is 1. The fourth-order valence-corrected chi connectivity index (χ4v) is 1.99. The number of hydrogen-bond acceptors (Lipinski definition) is 4. The fourth-order valence-electron chi connectivity index (χ4n) is 1.99. The van der Waals surface area contributed by atoms with Crippen LogP contribution in [0.5, 0.6) is 0 Å². The molecule has 5 nitrogen and oxygen atoms in total. The molecule has 1 unspecified atom stereocenters. The molecule has 0 aromatic carbocycles. The third-order valence-corrected chi connectivity index (χ3v) is 2.80. The number of rotatable bonds is 4. The Morgan fingerprint density at radius 3 is 3.25 bits per heavy atom. The van der Waals surface area contributed by atoms with Gasteiger partial charge < -0.3 is 19.5 Å². The molecule has 1 fully saturated rings. The second-order valence-corrected chi connectivity index (χ2v) is 4.35. The standard InChI is InChI=1S/C11H20N4O/c1-12-5-10-6-15(9-13-10)8-11-7-14(2)3-4-16-11/h6,9,11-12H,3-5,7-8H2,1-2H3. The zero-order valence-electron chi connectivity index (χ0n) is 10.0. The lowest BCUT2D eigenvalue weighted by Gasteiger charge is -2.30. The van der Waals surface area contributed by atoms with E-state index < -0.39 is 0 Å². The summed E-state index contributed by atoms with van der Waals surface area (Å²) in [6.45, 7) is 4.57. The van der Waals surface area contributed by atoms with Crippen LogP contribution < -0.4 is 5.32 Å². The molecule has 5 heteroatoms. The Labute approximate surface area is 96.4 Å². The summed E-state index contributed by atoms with van der Waals surface area (Å²) < 4.78 is 7.82. The molecule has 16 heavy (non-hydrogen) atoms. The number of ether oxygens (including phenoxy) is 1. The van der Waals surface area contributed by atoms with E-state index in [2.05, 4.69) is 33.0 Å². The highest BCUT2D eigenvalue weighted by Crippen LogP contribution is 2.06. The number of nitrogens with zero attached hydrogens (tertiary/aromatic N) is 3. The number of morpholine rings is 1. The largest absolute Gasteiger partial charge is 0.374 e. The molecule has 0 amide bonds. The molecule has 1 atom stereocenters. The van der Waals surface area contributed by atoms with Gasteiger partial charge >= 0.3 is 0 Å². The van der Waals surface area contributed by atoms with Crippen LogP contribution in [-0.2, 0) is 17.8 Å². The third-order valence-electron chi connectivity index (χ3n) is 2.80. The third kappa shape index (κ3) is 3.04. The second kappa shape index (κ2) is 5.43. The van der Waals surface area contributed by atoms with Gasteiger partial charge in [-0.05, 0) is 14.1 Å². The normalized spacial score (nSPS) is 22.5. The maximum Gasteiger partial charge on any atom is 0.0950 e. The van der Waals surface area contributed by atoms with E-state index in [4.69, 9.17) is 4.74 Å². The molecule has 0 spiro atoms. The topological polar surface area (TPSA) is 42.3 Å². The van der Waals surface area contributed by atoms with Crippen molar-refractivity contribution in [3.05, 3.63) is 18.2 Å². The summed E-state index contributed by atoms with van der Waals surface area (Å²) in [5.41, 5.74) is 1.08. The first-order valence-corrected chi connectivity index (χ1v) is 5.73. The van der Waals surface area contributed by atoms with Gasteiger partial charge in [0.25, 0.3) is 0 Å². The number of hydrogen-bond donors (Lipinski definition) is 1. The van der Waals surface area contributed by atoms with Crippen LogP contribution in [0.2, 0.25) is 0 Å². The fraction of sp³-hybridized carbons (Fsp3) is 0.727. The van der Waals surface area contributed by atoms with Crippen LogP contribution in [0.25, 0.3) is 0 Å². The molecule has 2 heterocycles. The summed E-state index contributed by atoms with van der Waals surface area (Å²) in [6.07, 6.45) is 4.24. The van der Waals surface area contributed by atoms with Gasteiger partial charge in [0.15, 0.2) is 0 Å². The van der Waals surface area contributed by atoms with Crippen molar-refractivity contribution < 1.29 is 4.74 Å². The Hall–Kier alpha value is -0.910. The molecule has 1 N–H and O–H groups in total. The maximum absolute atomic E-state index is 5.72. The van der Waals surface area contributed by atoms with E-state index in [0.29, 0.717) is 0 Å². The Kier molecular flexibility index (Phi) is 3.93. The number of imidazole rings is 1. The predicted molar refractivity (Wildman–Crippen MR) is 62.2 cm³/mol. The van der Waals surface area contributed by atoms with Crippen LogP contribution in [0.3, 0.4) is 0 Å². The lowest BCUT2D eigenvalue weighted by Crippen LogP contribution is -2.41. The van der Waals surface area contributed by atoms with E-state index in [0.717, 1.165) is 38.5 Å². The van der Waals surface area contributed by atoms with Gasteiger partial charge in [0.1, 0.15) is 0 Å². The lowest BCUT2D eigenvalue weighted by molar-refractivity contribution is -0.0274. The average Bonchev–Trinajstić information content (AvgIpc) is 2.66. The van der Waals surface area contributed by atoms with Crippen molar-refractivity contribution in [2.24, 2.45) is 0 Å². The summed E-state index contributed by atoms with van der Waals surface area (Å²) in [4.78, 5) is 6.63. The van der Waals surface area contributed by atoms with Crippen molar-refractivity contribution in [1.29, 1.82) is 0 Å². The van der Waals surface area contributed by atoms with E-state index >= 15 is 0 Å². The number of nitrogens with one attached hydrogen (secondary N) is 1. The van der Waals surface area contributed by atoms with Gasteiger partial charge in [-0.25, -0.2) is 4.98 Å². The van der Waals surface area contributed by atoms with Crippen LogP contribution in [0.15, 0.2) is 12.5 Å². The molecule has 0 saturated carbocycles. The Bertz CT molecular complexity index is 326. The first kappa shape index (κ1) is 11.6. The van der Waals surface area contributed by atoms with Crippen molar-refractivity contribution in [1.82, 2.24) is 19.8 Å². The van der Waals surface area contributed by atoms with Crippen molar-refractivity contribution in [2.75, 3.05) is 33.8 Å². The van der Waals surface area contributed by atoms with Crippen molar-refractivity contribution in [3.8, 4) is 0 Å². The molecular formula is C11H20N4O. The van der Waals surface area contributed by atoms with Gasteiger partial charge in [-0.15, -0.1) is 0 Å². The van der Waals surface area contributed by atoms with E-state index in [-0.39, 0.29) is 6.10 Å². The van der Waals surface area contributed by atoms with Crippen molar-refractivity contribution in [3.63, 3.8) is 0 Å². The van der Waals surface area contributed by atoms with E-state index in [9.17, 15) is 0 Å². The first-order valence-electron chi connectivity index (χ1n) is 5.73. The minimum absolute atomic E-state index is 0.287. The van der Waals surface area contributed by atoms with Gasteiger partial charge in [-0.2, -0.15) is 0 Å². The zero-order valence-corrected chi connectivity index (χ0v) is 10.0. The Balaban J connectivity index is 1.87. The molecule has 90 valence electrons. The highest BCUT2D eigenvalue weighted by molar-refractivity contribution is 4.96. The highest BCUT2D eigenvalue weighted by Gasteiger charge is 2.17. The summed E-state index contributed by atoms with van der Waals surface area (Å²) in [6, 6.07) is 0. The van der Waals surface area contributed by atoms with Crippen LogP contribution >= 0.6 is 0 Å². The SMILES string of the molecule is CNCc1cn(CC2CN(C)CCO2)cn1. The smallest absolute Gasteiger partial charge is 0.0950 e. The minimum Gasteiger partial charge on any atom is -0.374 e. The van der Waals surface area contributed by atoms with Crippen molar-refractivity contribution in [2.45, 2.75) is 19.2 Å². The first-order chi connectivity index (χ1) is 7.78. The molecule has 0 radical (unpaired) electrons. The van der Waals surface area contributed by atoms with Gasteiger partial charge in [0, 0.05) is 25.8 Å². The minimum atomic E-state index is 0.287. The predicted octanol–water partition coefficient (Wildman–Crippen LogP) is -0.0669. The summed E-state index contributed by atoms with van der Waals surface area (Å²) in [5, 5.41) is 3.09. The molecule has 0 aliphatic carbocycles. The molecule has 1 saturated heterocycles. The zero-order chi connectivity index (χ0) is 11.4. The molecule has 1 aliphatic heterocycles. The van der Waals surface area contributed by atoms with Crippen LogP contribution in [0.1, 0.15) is 5.69 Å². The molecule has 0 bridgehead atoms. The maximum atomic E-state index is 5.72. The number of aromatic nitrogens is 2. The monoisotopic (exact) mass is 224 g/mol. The highest BCUT2D eigenvalue weighted by atomic mass is 16.5. The molecule has 2 rings (SSSR count). The van der Waals surface area contributed by atoms with Gasteiger partial charge in [-0.1, -0.05) is 0 Å². The summed E-state index contributed by atoms with van der Waals surface area (Å²) in [7, 11) is 4.06. The lowest BCUT2D eigenvalue weighted by atomic mass is 10.3. The second-order valence-electron chi connectivity index (χ2n) is 4.35. The summed E-state index contributed by atoms with van der Waals surface area (Å²) >= 11 is 0. The molecule has 1 aromatic rings. The van der Waals surface area contributed by atoms with Crippen LogP contribution in [0.4, 0.5) is 0 Å². The van der Waals surface area contributed by atoms with E-state index in [1.807, 2.05) is 13.4 Å². The average molecular weight is 224 g/mol. The molecule has 1 aromatic heterocycles. The van der Waals surface area contributed by atoms with Crippen LogP contribution in [0, 0.1) is 0 Å². The summed E-state index contributed by atoms with van der Waals surface area (Å²) in [5.74, 6) is 0. The van der Waals surface area contributed by atoms with Gasteiger partial charge in [0.2, 0.25) is 0 Å². The van der Waals surface area contributed by atoms with E-state index in [1.54, 1.807) is 0 Å². The van der Waals surface area contributed by atoms with Gasteiger partial charge in [-0.3, -0.25) is 0 Å². The van der Waals surface area contributed by atoms with Crippen LogP contribution in [-0.4, -0.2) is 54.3 Å². The van der Waals surface area contributed by atoms with Gasteiger partial charge in [0.05, 0.1) is 31.3 Å².